The van der Waals surface area contributed by atoms with E-state index in [-0.39, 0.29) is 17.5 Å². The molecule has 6 nitrogen and oxygen atoms in total. The summed E-state index contributed by atoms with van der Waals surface area (Å²) in [6.07, 6.45) is 10.6. The summed E-state index contributed by atoms with van der Waals surface area (Å²) in [4.78, 5) is 32.6. The highest BCUT2D eigenvalue weighted by atomic mass is 32.2. The average molecular weight is 427 g/mol. The molecule has 0 atom stereocenters. The third kappa shape index (κ3) is 4.00. The summed E-state index contributed by atoms with van der Waals surface area (Å²) < 4.78 is 1.97. The molecule has 4 rings (SSSR count). The number of fused-ring (bicyclic) bond motifs is 1. The van der Waals surface area contributed by atoms with Crippen LogP contribution in [0.3, 0.4) is 0 Å². The normalized spacial score (nSPS) is 19.3. The molecule has 0 bridgehead atoms. The van der Waals surface area contributed by atoms with Gasteiger partial charge in [-0.1, -0.05) is 55.4 Å². The lowest BCUT2D eigenvalue weighted by Crippen LogP contribution is -2.28. The van der Waals surface area contributed by atoms with Crippen molar-refractivity contribution >= 4 is 51.7 Å². The highest BCUT2D eigenvalue weighted by Gasteiger charge is 2.32. The fraction of sp³-hybridized carbons (Fsp3) is 0.333. The van der Waals surface area contributed by atoms with Crippen LogP contribution in [-0.2, 0) is 4.79 Å². The lowest BCUT2D eigenvalue weighted by atomic mass is 9.95. The van der Waals surface area contributed by atoms with E-state index >= 15 is 0 Å². The van der Waals surface area contributed by atoms with E-state index in [9.17, 15) is 9.59 Å². The van der Waals surface area contributed by atoms with E-state index in [1.54, 1.807) is 30.5 Å². The van der Waals surface area contributed by atoms with E-state index in [1.807, 2.05) is 6.07 Å². The smallest absolute Gasteiger partial charge is 0.267 e. The number of amides is 1. The average Bonchev–Trinajstić information content (AvgIpc) is 2.99. The third-order valence-electron chi connectivity index (χ3n) is 5.18. The van der Waals surface area contributed by atoms with Crippen molar-refractivity contribution in [3.05, 3.63) is 57.9 Å². The quantitative estimate of drug-likeness (QED) is 0.445. The molecule has 8 heteroatoms. The van der Waals surface area contributed by atoms with Gasteiger partial charge in [-0.2, -0.15) is 0 Å². The summed E-state index contributed by atoms with van der Waals surface area (Å²) in [5.41, 5.74) is 0.758. The molecule has 0 unspecified atom stereocenters. The number of anilines is 1. The van der Waals surface area contributed by atoms with E-state index in [4.69, 9.17) is 17.2 Å². The lowest BCUT2D eigenvalue weighted by Gasteiger charge is -2.24. The largest absolute Gasteiger partial charge is 0.367 e. The zero-order chi connectivity index (χ0) is 20.4. The SMILES string of the molecule is C=CCN1C(=O)/C(=C\c2c(NC3CCCCC3)nc3ccccn3c2=O)SC1=S. The van der Waals surface area contributed by atoms with Crippen molar-refractivity contribution < 1.29 is 4.79 Å². The predicted octanol–water partition coefficient (Wildman–Crippen LogP) is 3.83. The van der Waals surface area contributed by atoms with Gasteiger partial charge >= 0.3 is 0 Å². The minimum Gasteiger partial charge on any atom is -0.367 e. The summed E-state index contributed by atoms with van der Waals surface area (Å²) in [5, 5.41) is 3.47. The van der Waals surface area contributed by atoms with Crippen molar-refractivity contribution in [3.8, 4) is 0 Å². The minimum absolute atomic E-state index is 0.206. The second kappa shape index (κ2) is 8.51. The molecule has 1 aliphatic heterocycles. The first-order chi connectivity index (χ1) is 14.1. The number of pyridine rings is 1. The number of carbonyl (C=O) groups excluding carboxylic acids is 1. The Morgan fingerprint density at radius 2 is 2.07 bits per heavy atom. The molecular weight excluding hydrogens is 404 g/mol. The Morgan fingerprint density at radius 3 is 2.83 bits per heavy atom. The number of thioether (sulfide) groups is 1. The van der Waals surface area contributed by atoms with E-state index < -0.39 is 0 Å². The van der Waals surface area contributed by atoms with Crippen LogP contribution >= 0.6 is 24.0 Å². The molecule has 2 aromatic rings. The van der Waals surface area contributed by atoms with Gasteiger partial charge in [-0.05, 0) is 31.1 Å². The zero-order valence-electron chi connectivity index (χ0n) is 16.0. The molecule has 1 N–H and O–H groups in total. The monoisotopic (exact) mass is 426 g/mol. The van der Waals surface area contributed by atoms with Crippen LogP contribution in [-0.4, -0.2) is 37.1 Å². The van der Waals surface area contributed by atoms with Crippen LogP contribution in [0.15, 0.2) is 46.8 Å². The van der Waals surface area contributed by atoms with Gasteiger partial charge in [0.2, 0.25) is 0 Å². The van der Waals surface area contributed by atoms with E-state index in [0.717, 1.165) is 12.8 Å². The Labute approximate surface area is 178 Å². The van der Waals surface area contributed by atoms with Crippen LogP contribution in [0.2, 0.25) is 0 Å². The van der Waals surface area contributed by atoms with Crippen LogP contribution < -0.4 is 10.9 Å². The van der Waals surface area contributed by atoms with Crippen molar-refractivity contribution in [1.29, 1.82) is 0 Å². The summed E-state index contributed by atoms with van der Waals surface area (Å²) >= 11 is 6.52. The molecular formula is C21H22N4O2S2. The second-order valence-corrected chi connectivity index (χ2v) is 8.84. The molecule has 1 saturated carbocycles. The van der Waals surface area contributed by atoms with Gasteiger partial charge in [-0.3, -0.25) is 18.9 Å². The maximum absolute atomic E-state index is 13.2. The Kier molecular flexibility index (Phi) is 5.82. The highest BCUT2D eigenvalue weighted by molar-refractivity contribution is 8.26. The van der Waals surface area contributed by atoms with Gasteiger partial charge in [0.1, 0.15) is 15.8 Å². The van der Waals surface area contributed by atoms with Crippen LogP contribution in [0, 0.1) is 0 Å². The van der Waals surface area contributed by atoms with Crippen molar-refractivity contribution in [3.63, 3.8) is 0 Å². The molecule has 0 radical (unpaired) electrons. The number of nitrogens with zero attached hydrogens (tertiary/aromatic N) is 3. The van der Waals surface area contributed by atoms with Crippen LogP contribution in [0.25, 0.3) is 11.7 Å². The summed E-state index contributed by atoms with van der Waals surface area (Å²) in [5.74, 6) is 0.322. The molecule has 2 aromatic heterocycles. The zero-order valence-corrected chi connectivity index (χ0v) is 17.6. The van der Waals surface area contributed by atoms with E-state index in [0.29, 0.717) is 32.8 Å². The standard InChI is InChI=1S/C21H22N4O2S2/c1-2-11-25-20(27)16(29-21(25)28)13-15-18(22-14-8-4-3-5-9-14)23-17-10-6-7-12-24(17)19(15)26/h2,6-7,10,12-14,22H,1,3-5,8-9,11H2/b16-13+. The molecule has 1 saturated heterocycles. The second-order valence-electron chi connectivity index (χ2n) is 7.17. The van der Waals surface area contributed by atoms with Crippen molar-refractivity contribution in [1.82, 2.24) is 14.3 Å². The maximum atomic E-state index is 13.2. The number of nitrogens with one attached hydrogen (secondary N) is 1. The summed E-state index contributed by atoms with van der Waals surface area (Å²) in [7, 11) is 0. The van der Waals surface area contributed by atoms with Gasteiger partial charge in [-0.25, -0.2) is 4.98 Å². The maximum Gasteiger partial charge on any atom is 0.267 e. The van der Waals surface area contributed by atoms with E-state index in [2.05, 4.69) is 11.9 Å². The topological polar surface area (TPSA) is 66.7 Å². The van der Waals surface area contributed by atoms with Crippen LogP contribution in [0.1, 0.15) is 37.7 Å². The summed E-state index contributed by atoms with van der Waals surface area (Å²) in [6, 6.07) is 5.73. The molecule has 150 valence electrons. The van der Waals surface area contributed by atoms with Crippen LogP contribution in [0.4, 0.5) is 5.82 Å². The number of aromatic nitrogens is 2. The fourth-order valence-electron chi connectivity index (χ4n) is 3.70. The van der Waals surface area contributed by atoms with Gasteiger partial charge in [-0.15, -0.1) is 6.58 Å². The molecule has 1 amide bonds. The molecule has 3 heterocycles. The third-order valence-corrected chi connectivity index (χ3v) is 6.55. The van der Waals surface area contributed by atoms with E-state index in [1.165, 1.54) is 40.3 Å². The first-order valence-corrected chi connectivity index (χ1v) is 10.9. The number of hydrogen-bond acceptors (Lipinski definition) is 6. The number of rotatable bonds is 5. The number of hydrogen-bond donors (Lipinski definition) is 1. The first-order valence-electron chi connectivity index (χ1n) is 9.72. The molecule has 29 heavy (non-hydrogen) atoms. The number of thiocarbonyl (C=S) groups is 1. The van der Waals surface area contributed by atoms with Crippen molar-refractivity contribution in [2.75, 3.05) is 11.9 Å². The van der Waals surface area contributed by atoms with Gasteiger partial charge in [0.05, 0.1) is 10.5 Å². The van der Waals surface area contributed by atoms with Gasteiger partial charge in [0.15, 0.2) is 0 Å². The molecule has 0 aromatic carbocycles. The minimum atomic E-state index is -0.207. The molecule has 2 aliphatic rings. The highest BCUT2D eigenvalue weighted by Crippen LogP contribution is 2.33. The Bertz CT molecular complexity index is 1070. The molecule has 2 fully saturated rings. The van der Waals surface area contributed by atoms with Gasteiger partial charge < -0.3 is 5.32 Å². The molecule has 1 aliphatic carbocycles. The van der Waals surface area contributed by atoms with Crippen molar-refractivity contribution in [2.45, 2.75) is 38.1 Å². The molecule has 0 spiro atoms. The van der Waals surface area contributed by atoms with Crippen molar-refractivity contribution in [2.24, 2.45) is 0 Å². The first kappa shape index (κ1) is 19.8. The van der Waals surface area contributed by atoms with Gasteiger partial charge in [0, 0.05) is 18.8 Å². The Hall–Kier alpha value is -2.45. The van der Waals surface area contributed by atoms with Gasteiger partial charge in [0.25, 0.3) is 11.5 Å². The number of carbonyl (C=O) groups is 1. The Morgan fingerprint density at radius 1 is 1.28 bits per heavy atom. The lowest BCUT2D eigenvalue weighted by molar-refractivity contribution is -0.121. The fourth-order valence-corrected chi connectivity index (χ4v) is 4.96. The van der Waals surface area contributed by atoms with Crippen LogP contribution in [0.5, 0.6) is 0 Å². The Balaban J connectivity index is 1.79. The predicted molar refractivity (Wildman–Crippen MR) is 122 cm³/mol. The summed E-state index contributed by atoms with van der Waals surface area (Å²) in [6.45, 7) is 4.03.